The number of carbonyl (C=O) groups excluding carboxylic acids is 1. The van der Waals surface area contributed by atoms with Gasteiger partial charge in [0.05, 0.1) is 6.67 Å². The van der Waals surface area contributed by atoms with E-state index in [4.69, 9.17) is 4.89 Å². The zero-order valence-electron chi connectivity index (χ0n) is 9.46. The Labute approximate surface area is 94.5 Å². The maximum Gasteiger partial charge on any atom is 0.247 e. The minimum absolute atomic E-state index is 0.166. The van der Waals surface area contributed by atoms with E-state index in [0.29, 0.717) is 11.5 Å². The Bertz CT molecular complexity index is 267. The number of nitrogens with one attached hydrogen (secondary N) is 1. The van der Waals surface area contributed by atoms with Crippen LogP contribution in [0.3, 0.4) is 0 Å². The standard InChI is InChI=1S/C8H19N2O5P/c1-3-4-7(11)10(13)6-9-5-8(12)16(2,14)15/h8-9,12-13H,3-6H2,1-2H3,(H,14,15). The van der Waals surface area contributed by atoms with E-state index in [1.54, 1.807) is 0 Å². The molecule has 0 bridgehead atoms. The first-order chi connectivity index (χ1) is 7.29. The fourth-order valence-corrected chi connectivity index (χ4v) is 1.37. The molecule has 0 radical (unpaired) electrons. The van der Waals surface area contributed by atoms with Gasteiger partial charge >= 0.3 is 0 Å². The molecule has 0 spiro atoms. The minimum Gasteiger partial charge on any atom is -0.382 e. The number of amides is 1. The van der Waals surface area contributed by atoms with E-state index >= 15 is 0 Å². The number of nitrogens with zero attached hydrogens (tertiary/aromatic N) is 1. The number of carbonyl (C=O) groups is 1. The maximum absolute atomic E-state index is 11.1. The highest BCUT2D eigenvalue weighted by Gasteiger charge is 2.22. The highest BCUT2D eigenvalue weighted by atomic mass is 31.2. The van der Waals surface area contributed by atoms with Crippen LogP contribution in [0.1, 0.15) is 19.8 Å². The average Bonchev–Trinajstić information content (AvgIpc) is 2.16. The fourth-order valence-electron chi connectivity index (χ4n) is 0.900. The van der Waals surface area contributed by atoms with Gasteiger partial charge in [0.1, 0.15) is 5.85 Å². The Morgan fingerprint density at radius 2 is 2.12 bits per heavy atom. The van der Waals surface area contributed by atoms with Gasteiger partial charge in [-0.1, -0.05) is 6.92 Å². The van der Waals surface area contributed by atoms with Crippen molar-refractivity contribution in [3.63, 3.8) is 0 Å². The van der Waals surface area contributed by atoms with E-state index < -0.39 is 19.1 Å². The van der Waals surface area contributed by atoms with Crippen molar-refractivity contribution in [1.82, 2.24) is 10.4 Å². The van der Waals surface area contributed by atoms with Crippen LogP contribution >= 0.6 is 7.37 Å². The molecule has 0 fully saturated rings. The summed E-state index contributed by atoms with van der Waals surface area (Å²) in [7, 11) is -3.55. The molecule has 0 aliphatic heterocycles. The first kappa shape index (κ1) is 15.5. The second-order valence-corrected chi connectivity index (χ2v) is 6.06. The SMILES string of the molecule is CCCC(=O)N(O)CNCC(O)P(C)(=O)O. The van der Waals surface area contributed by atoms with E-state index in [1.165, 1.54) is 0 Å². The summed E-state index contributed by atoms with van der Waals surface area (Å²) < 4.78 is 10.9. The van der Waals surface area contributed by atoms with Gasteiger partial charge in [-0.05, 0) is 6.42 Å². The van der Waals surface area contributed by atoms with Gasteiger partial charge in [0.25, 0.3) is 0 Å². The van der Waals surface area contributed by atoms with Crippen molar-refractivity contribution in [1.29, 1.82) is 0 Å². The van der Waals surface area contributed by atoms with Crippen molar-refractivity contribution in [2.75, 3.05) is 19.9 Å². The summed E-state index contributed by atoms with van der Waals surface area (Å²) in [5, 5.41) is 21.3. The molecule has 0 aromatic carbocycles. The fraction of sp³-hybridized carbons (Fsp3) is 0.875. The summed E-state index contributed by atoms with van der Waals surface area (Å²) in [5.74, 6) is -1.84. The molecule has 7 nitrogen and oxygen atoms in total. The zero-order chi connectivity index (χ0) is 12.8. The molecule has 1 amide bonds. The highest BCUT2D eigenvalue weighted by molar-refractivity contribution is 7.57. The Balaban J connectivity index is 3.82. The molecule has 0 saturated carbocycles. The van der Waals surface area contributed by atoms with Gasteiger partial charge in [0, 0.05) is 19.6 Å². The molecule has 0 aromatic rings. The van der Waals surface area contributed by atoms with Crippen LogP contribution in [0, 0.1) is 0 Å². The van der Waals surface area contributed by atoms with Crippen molar-refractivity contribution >= 4 is 13.3 Å². The van der Waals surface area contributed by atoms with Gasteiger partial charge in [0.15, 0.2) is 0 Å². The Hall–Kier alpha value is -0.460. The predicted octanol–water partition coefficient (Wildman–Crippen LogP) is -0.230. The molecule has 96 valence electrons. The molecule has 16 heavy (non-hydrogen) atoms. The van der Waals surface area contributed by atoms with Crippen LogP contribution in [0.5, 0.6) is 0 Å². The number of rotatable bonds is 7. The third-order valence-corrected chi connectivity index (χ3v) is 3.18. The van der Waals surface area contributed by atoms with Crippen LogP contribution in [-0.2, 0) is 9.36 Å². The lowest BCUT2D eigenvalue weighted by Gasteiger charge is -2.18. The van der Waals surface area contributed by atoms with Gasteiger partial charge in [-0.2, -0.15) is 0 Å². The van der Waals surface area contributed by atoms with Crippen LogP contribution in [0.2, 0.25) is 0 Å². The maximum atomic E-state index is 11.1. The van der Waals surface area contributed by atoms with Gasteiger partial charge in [-0.15, -0.1) is 0 Å². The molecule has 8 heteroatoms. The van der Waals surface area contributed by atoms with Crippen LogP contribution in [0.4, 0.5) is 0 Å². The lowest BCUT2D eigenvalue weighted by Crippen LogP contribution is -2.39. The van der Waals surface area contributed by atoms with E-state index in [0.717, 1.165) is 6.66 Å². The smallest absolute Gasteiger partial charge is 0.247 e. The molecule has 0 aromatic heterocycles. The van der Waals surface area contributed by atoms with Gasteiger partial charge in [0.2, 0.25) is 13.3 Å². The van der Waals surface area contributed by atoms with Crippen LogP contribution in [0.15, 0.2) is 0 Å². The van der Waals surface area contributed by atoms with Crippen molar-refractivity contribution in [2.24, 2.45) is 0 Å². The number of aliphatic hydroxyl groups is 1. The topological polar surface area (TPSA) is 110 Å². The first-order valence-corrected chi connectivity index (χ1v) is 7.14. The summed E-state index contributed by atoms with van der Waals surface area (Å²) in [5.41, 5.74) is 0. The number of hydroxylamine groups is 2. The lowest BCUT2D eigenvalue weighted by molar-refractivity contribution is -0.167. The number of hydrogen-bond acceptors (Lipinski definition) is 5. The van der Waals surface area contributed by atoms with E-state index in [-0.39, 0.29) is 19.6 Å². The molecule has 4 N–H and O–H groups in total. The summed E-state index contributed by atoms with van der Waals surface area (Å²) in [6, 6.07) is 0. The van der Waals surface area contributed by atoms with Crippen LogP contribution in [-0.4, -0.2) is 51.9 Å². The molecule has 2 atom stereocenters. The molecule has 0 rings (SSSR count). The molecular formula is C8H19N2O5P. The highest BCUT2D eigenvalue weighted by Crippen LogP contribution is 2.39. The van der Waals surface area contributed by atoms with Crippen molar-refractivity contribution in [3.05, 3.63) is 0 Å². The van der Waals surface area contributed by atoms with Crippen molar-refractivity contribution in [2.45, 2.75) is 25.6 Å². The first-order valence-electron chi connectivity index (χ1n) is 4.97. The van der Waals surface area contributed by atoms with E-state index in [9.17, 15) is 19.7 Å². The van der Waals surface area contributed by atoms with Gasteiger partial charge < -0.3 is 10.00 Å². The summed E-state index contributed by atoms with van der Waals surface area (Å²) >= 11 is 0. The third kappa shape index (κ3) is 6.19. The predicted molar refractivity (Wildman–Crippen MR) is 58.2 cm³/mol. The second kappa shape index (κ2) is 6.98. The van der Waals surface area contributed by atoms with Crippen molar-refractivity contribution < 1.29 is 24.6 Å². The third-order valence-electron chi connectivity index (χ3n) is 1.89. The quantitative estimate of drug-likeness (QED) is 0.216. The van der Waals surface area contributed by atoms with Gasteiger partial charge in [-0.3, -0.25) is 19.9 Å². The zero-order valence-corrected chi connectivity index (χ0v) is 10.4. The molecule has 0 aliphatic rings. The monoisotopic (exact) mass is 254 g/mol. The lowest BCUT2D eigenvalue weighted by atomic mass is 10.3. The normalized spacial score (nSPS) is 16.6. The van der Waals surface area contributed by atoms with Gasteiger partial charge in [-0.25, -0.2) is 5.06 Å². The van der Waals surface area contributed by atoms with Crippen LogP contribution in [0.25, 0.3) is 0 Å². The van der Waals surface area contributed by atoms with Crippen molar-refractivity contribution in [3.8, 4) is 0 Å². The average molecular weight is 254 g/mol. The largest absolute Gasteiger partial charge is 0.382 e. The molecular weight excluding hydrogens is 235 g/mol. The van der Waals surface area contributed by atoms with E-state index in [1.807, 2.05) is 6.92 Å². The van der Waals surface area contributed by atoms with Crippen LogP contribution < -0.4 is 5.32 Å². The summed E-state index contributed by atoms with van der Waals surface area (Å²) in [6.07, 6.45) is 0.853. The number of hydrogen-bond donors (Lipinski definition) is 4. The Kier molecular flexibility index (Phi) is 6.78. The summed E-state index contributed by atoms with van der Waals surface area (Å²) in [6.45, 7) is 2.50. The second-order valence-electron chi connectivity index (χ2n) is 3.58. The number of aliphatic hydroxyl groups excluding tert-OH is 1. The van der Waals surface area contributed by atoms with E-state index in [2.05, 4.69) is 5.32 Å². The summed E-state index contributed by atoms with van der Waals surface area (Å²) in [4.78, 5) is 20.1. The Morgan fingerprint density at radius 1 is 1.56 bits per heavy atom. The molecule has 0 saturated heterocycles. The minimum atomic E-state index is -3.55. The molecule has 2 unspecified atom stereocenters. The molecule has 0 aliphatic carbocycles. The molecule has 0 heterocycles. The Morgan fingerprint density at radius 3 is 2.56 bits per heavy atom.